The highest BCUT2D eigenvalue weighted by Gasteiger charge is 2.06. The van der Waals surface area contributed by atoms with E-state index in [0.717, 1.165) is 22.6 Å². The Hall–Kier alpha value is -3.41. The van der Waals surface area contributed by atoms with Crippen LogP contribution in [0, 0.1) is 6.92 Å². The number of rotatable bonds is 6. The summed E-state index contributed by atoms with van der Waals surface area (Å²) < 4.78 is 5.13. The quantitative estimate of drug-likeness (QED) is 0.710. The van der Waals surface area contributed by atoms with Gasteiger partial charge in [0.15, 0.2) is 11.6 Å². The first-order valence-electron chi connectivity index (χ1n) is 8.22. The van der Waals surface area contributed by atoms with Gasteiger partial charge < -0.3 is 15.4 Å². The van der Waals surface area contributed by atoms with Crippen LogP contribution < -0.4 is 15.4 Å². The van der Waals surface area contributed by atoms with E-state index in [4.69, 9.17) is 4.74 Å². The monoisotopic (exact) mass is 348 g/mol. The van der Waals surface area contributed by atoms with Crippen molar-refractivity contribution in [1.82, 2.24) is 10.2 Å². The summed E-state index contributed by atoms with van der Waals surface area (Å²) >= 11 is 0. The lowest BCUT2D eigenvalue weighted by Gasteiger charge is -2.08. The van der Waals surface area contributed by atoms with E-state index >= 15 is 0 Å². The molecule has 0 radical (unpaired) electrons. The van der Waals surface area contributed by atoms with E-state index in [1.54, 1.807) is 19.2 Å². The van der Waals surface area contributed by atoms with Crippen LogP contribution in [0.1, 0.15) is 11.1 Å². The second-order valence-corrected chi connectivity index (χ2v) is 5.87. The first kappa shape index (κ1) is 17.4. The summed E-state index contributed by atoms with van der Waals surface area (Å²) in [4.78, 5) is 12.1. The number of ether oxygens (including phenoxy) is 1. The smallest absolute Gasteiger partial charge is 0.229 e. The number of amides is 1. The maximum absolute atomic E-state index is 12.1. The Balaban J connectivity index is 1.57. The number of nitrogens with one attached hydrogen (secondary N) is 2. The van der Waals surface area contributed by atoms with E-state index in [2.05, 4.69) is 20.8 Å². The summed E-state index contributed by atoms with van der Waals surface area (Å²) in [6, 6.07) is 18.8. The molecule has 0 aliphatic heterocycles. The number of aromatic nitrogens is 2. The molecule has 0 saturated carbocycles. The van der Waals surface area contributed by atoms with Crippen molar-refractivity contribution in [2.45, 2.75) is 13.3 Å². The topological polar surface area (TPSA) is 76.1 Å². The highest BCUT2D eigenvalue weighted by Crippen LogP contribution is 2.18. The summed E-state index contributed by atoms with van der Waals surface area (Å²) in [6.45, 7) is 2.00. The van der Waals surface area contributed by atoms with Gasteiger partial charge in [0.05, 0.1) is 13.5 Å². The highest BCUT2D eigenvalue weighted by molar-refractivity contribution is 5.91. The van der Waals surface area contributed by atoms with Crippen LogP contribution in [-0.2, 0) is 11.2 Å². The van der Waals surface area contributed by atoms with Crippen LogP contribution in [0.3, 0.4) is 0 Å². The maximum Gasteiger partial charge on any atom is 0.229 e. The molecular formula is C20H20N4O2. The average molecular weight is 348 g/mol. The molecule has 26 heavy (non-hydrogen) atoms. The minimum atomic E-state index is -0.124. The third-order valence-electron chi connectivity index (χ3n) is 3.74. The predicted molar refractivity (Wildman–Crippen MR) is 102 cm³/mol. The van der Waals surface area contributed by atoms with E-state index in [0.29, 0.717) is 18.1 Å². The Labute approximate surface area is 152 Å². The molecule has 6 heteroatoms. The van der Waals surface area contributed by atoms with Crippen LogP contribution in [-0.4, -0.2) is 23.2 Å². The molecule has 3 aromatic rings. The first-order valence-corrected chi connectivity index (χ1v) is 8.22. The van der Waals surface area contributed by atoms with Gasteiger partial charge in [-0.3, -0.25) is 4.79 Å². The van der Waals surface area contributed by atoms with E-state index < -0.39 is 0 Å². The van der Waals surface area contributed by atoms with Gasteiger partial charge in [0.25, 0.3) is 0 Å². The number of benzene rings is 2. The number of carbonyl (C=O) groups is 1. The lowest BCUT2D eigenvalue weighted by atomic mass is 10.1. The zero-order chi connectivity index (χ0) is 18.4. The van der Waals surface area contributed by atoms with Crippen molar-refractivity contribution in [2.24, 2.45) is 0 Å². The van der Waals surface area contributed by atoms with Crippen molar-refractivity contribution in [3.63, 3.8) is 0 Å². The normalized spacial score (nSPS) is 10.2. The minimum absolute atomic E-state index is 0.124. The largest absolute Gasteiger partial charge is 0.497 e. The van der Waals surface area contributed by atoms with Crippen LogP contribution in [0.2, 0.25) is 0 Å². The molecular weight excluding hydrogens is 328 g/mol. The van der Waals surface area contributed by atoms with E-state index in [1.807, 2.05) is 55.5 Å². The van der Waals surface area contributed by atoms with Crippen molar-refractivity contribution in [1.29, 1.82) is 0 Å². The predicted octanol–water partition coefficient (Wildman–Crippen LogP) is 3.72. The molecule has 132 valence electrons. The highest BCUT2D eigenvalue weighted by atomic mass is 16.5. The van der Waals surface area contributed by atoms with Crippen molar-refractivity contribution >= 4 is 23.2 Å². The van der Waals surface area contributed by atoms with Gasteiger partial charge in [-0.1, -0.05) is 29.8 Å². The lowest BCUT2D eigenvalue weighted by Crippen LogP contribution is -2.15. The molecule has 0 bridgehead atoms. The van der Waals surface area contributed by atoms with Gasteiger partial charge in [-0.2, -0.15) is 0 Å². The molecule has 6 nitrogen and oxygen atoms in total. The Morgan fingerprint density at radius 3 is 2.38 bits per heavy atom. The standard InChI is InChI=1S/C20H20N4O2/c1-14-4-3-5-15(12-14)13-20(25)22-19-11-10-18(23-24-19)21-16-6-8-17(26-2)9-7-16/h3-12H,13H2,1-2H3,(H,21,23)(H,22,24,25). The molecule has 0 aliphatic carbocycles. The number of carbonyl (C=O) groups excluding carboxylic acids is 1. The van der Waals surface area contributed by atoms with E-state index in [9.17, 15) is 4.79 Å². The van der Waals surface area contributed by atoms with Crippen molar-refractivity contribution in [3.8, 4) is 5.75 Å². The molecule has 0 fully saturated rings. The molecule has 0 saturated heterocycles. The maximum atomic E-state index is 12.1. The molecule has 1 amide bonds. The SMILES string of the molecule is COc1ccc(Nc2ccc(NC(=O)Cc3cccc(C)c3)nn2)cc1. The molecule has 2 N–H and O–H groups in total. The fourth-order valence-electron chi connectivity index (χ4n) is 2.48. The molecule has 1 aromatic heterocycles. The second-order valence-electron chi connectivity index (χ2n) is 5.87. The van der Waals surface area contributed by atoms with Crippen molar-refractivity contribution in [2.75, 3.05) is 17.7 Å². The molecule has 0 unspecified atom stereocenters. The van der Waals surface area contributed by atoms with Crippen LogP contribution >= 0.6 is 0 Å². The lowest BCUT2D eigenvalue weighted by molar-refractivity contribution is -0.115. The Morgan fingerprint density at radius 2 is 1.73 bits per heavy atom. The fourth-order valence-corrected chi connectivity index (χ4v) is 2.48. The molecule has 3 rings (SSSR count). The summed E-state index contributed by atoms with van der Waals surface area (Å²) in [5.41, 5.74) is 2.97. The second kappa shape index (κ2) is 8.11. The third kappa shape index (κ3) is 4.80. The molecule has 0 aliphatic rings. The van der Waals surface area contributed by atoms with Crippen molar-refractivity contribution < 1.29 is 9.53 Å². The minimum Gasteiger partial charge on any atom is -0.497 e. The Morgan fingerprint density at radius 1 is 1.00 bits per heavy atom. The number of hydrogen-bond donors (Lipinski definition) is 2. The van der Waals surface area contributed by atoms with Crippen molar-refractivity contribution in [3.05, 3.63) is 71.8 Å². The van der Waals surface area contributed by atoms with Crippen LogP contribution in [0.4, 0.5) is 17.3 Å². The third-order valence-corrected chi connectivity index (χ3v) is 3.74. The fraction of sp³-hybridized carbons (Fsp3) is 0.150. The van der Waals surface area contributed by atoms with Gasteiger partial charge >= 0.3 is 0 Å². The Bertz CT molecular complexity index is 877. The number of aryl methyl sites for hydroxylation is 1. The Kier molecular flexibility index (Phi) is 5.43. The number of anilines is 3. The first-order chi connectivity index (χ1) is 12.6. The molecule has 0 atom stereocenters. The summed E-state index contributed by atoms with van der Waals surface area (Å²) in [6.07, 6.45) is 0.301. The van der Waals surface area contributed by atoms with E-state index in [-0.39, 0.29) is 5.91 Å². The number of nitrogens with zero attached hydrogens (tertiary/aromatic N) is 2. The van der Waals surface area contributed by atoms with Gasteiger partial charge in [-0.25, -0.2) is 0 Å². The molecule has 2 aromatic carbocycles. The summed E-state index contributed by atoms with van der Waals surface area (Å²) in [5.74, 6) is 1.67. The zero-order valence-electron chi connectivity index (χ0n) is 14.7. The van der Waals surface area contributed by atoms with Crippen LogP contribution in [0.15, 0.2) is 60.7 Å². The van der Waals surface area contributed by atoms with Gasteiger partial charge in [-0.15, -0.1) is 10.2 Å². The molecule has 0 spiro atoms. The van der Waals surface area contributed by atoms with Gasteiger partial charge in [-0.05, 0) is 48.9 Å². The van der Waals surface area contributed by atoms with E-state index in [1.165, 1.54) is 0 Å². The van der Waals surface area contributed by atoms with Crippen LogP contribution in [0.25, 0.3) is 0 Å². The molecule has 1 heterocycles. The van der Waals surface area contributed by atoms with Crippen LogP contribution in [0.5, 0.6) is 5.75 Å². The zero-order valence-corrected chi connectivity index (χ0v) is 14.7. The van der Waals surface area contributed by atoms with Gasteiger partial charge in [0.2, 0.25) is 5.91 Å². The summed E-state index contributed by atoms with van der Waals surface area (Å²) in [7, 11) is 1.62. The number of hydrogen-bond acceptors (Lipinski definition) is 5. The summed E-state index contributed by atoms with van der Waals surface area (Å²) in [5, 5.41) is 14.0. The average Bonchev–Trinajstić information content (AvgIpc) is 2.64. The van der Waals surface area contributed by atoms with Gasteiger partial charge in [0, 0.05) is 5.69 Å². The van der Waals surface area contributed by atoms with Gasteiger partial charge in [0.1, 0.15) is 5.75 Å². The number of methoxy groups -OCH3 is 1.